The molecule has 0 unspecified atom stereocenters. The molecule has 0 spiro atoms. The monoisotopic (exact) mass is 248 g/mol. The first kappa shape index (κ1) is 9.99. The van der Waals surface area contributed by atoms with Gasteiger partial charge in [0.15, 0.2) is 5.11 Å². The quantitative estimate of drug-likeness (QED) is 0.747. The van der Waals surface area contributed by atoms with Gasteiger partial charge in [-0.1, -0.05) is 22.5 Å². The van der Waals surface area contributed by atoms with Gasteiger partial charge >= 0.3 is 0 Å². The zero-order chi connectivity index (χ0) is 9.19. The van der Waals surface area contributed by atoms with Crippen molar-refractivity contribution in [3.63, 3.8) is 0 Å². The first-order valence-electron chi connectivity index (χ1n) is 3.91. The molecule has 1 saturated carbocycles. The van der Waals surface area contributed by atoms with Gasteiger partial charge in [0.25, 0.3) is 0 Å². The molecule has 0 amide bonds. The molecule has 1 aliphatic carbocycles. The molecular weight excluding hydrogens is 236 g/mol. The topological polar surface area (TPSA) is 24.1 Å². The van der Waals surface area contributed by atoms with Crippen LogP contribution in [-0.4, -0.2) is 17.2 Å². The van der Waals surface area contributed by atoms with Crippen molar-refractivity contribution in [2.24, 2.45) is 0 Å². The van der Waals surface area contributed by atoms with E-state index in [1.54, 1.807) is 0 Å². The van der Waals surface area contributed by atoms with Gasteiger partial charge in [0.1, 0.15) is 0 Å². The summed E-state index contributed by atoms with van der Waals surface area (Å²) in [5, 5.41) is 7.01. The Balaban J connectivity index is 2.16. The van der Waals surface area contributed by atoms with Gasteiger partial charge in [0, 0.05) is 16.6 Å². The fourth-order valence-electron chi connectivity index (χ4n) is 0.807. The highest BCUT2D eigenvalue weighted by molar-refractivity contribution is 9.11. The SMILES string of the molecule is C=C(Br)CNC(=S)NC1(C)CC1. The highest BCUT2D eigenvalue weighted by Crippen LogP contribution is 2.33. The van der Waals surface area contributed by atoms with Crippen LogP contribution < -0.4 is 10.6 Å². The zero-order valence-corrected chi connectivity index (χ0v) is 9.52. The molecule has 0 aliphatic heterocycles. The molecule has 0 saturated heterocycles. The van der Waals surface area contributed by atoms with Gasteiger partial charge in [-0.05, 0) is 32.0 Å². The predicted octanol–water partition coefficient (Wildman–Crippen LogP) is 1.91. The summed E-state index contributed by atoms with van der Waals surface area (Å²) in [5.74, 6) is 0. The number of hydrogen-bond acceptors (Lipinski definition) is 1. The number of halogens is 1. The second-order valence-electron chi connectivity index (χ2n) is 3.39. The third kappa shape index (κ3) is 3.54. The maximum atomic E-state index is 5.08. The lowest BCUT2D eigenvalue weighted by Gasteiger charge is -2.14. The Bertz CT molecular complexity index is 211. The molecule has 0 aromatic carbocycles. The Morgan fingerprint density at radius 1 is 1.67 bits per heavy atom. The molecule has 0 aromatic heterocycles. The summed E-state index contributed by atoms with van der Waals surface area (Å²) in [6, 6.07) is 0. The maximum absolute atomic E-state index is 5.08. The molecule has 0 heterocycles. The van der Waals surface area contributed by atoms with E-state index in [1.165, 1.54) is 12.8 Å². The fraction of sp³-hybridized carbons (Fsp3) is 0.625. The number of hydrogen-bond donors (Lipinski definition) is 2. The number of thiocarbonyl (C=S) groups is 1. The molecule has 0 radical (unpaired) electrons. The fourth-order valence-corrected chi connectivity index (χ4v) is 1.27. The van der Waals surface area contributed by atoms with Crippen molar-refractivity contribution in [1.82, 2.24) is 10.6 Å². The average molecular weight is 249 g/mol. The van der Waals surface area contributed by atoms with Crippen LogP contribution in [-0.2, 0) is 0 Å². The van der Waals surface area contributed by atoms with Crippen LogP contribution in [0.5, 0.6) is 0 Å². The highest BCUT2D eigenvalue weighted by atomic mass is 79.9. The van der Waals surface area contributed by atoms with Gasteiger partial charge in [0.05, 0.1) is 0 Å². The number of rotatable bonds is 3. The van der Waals surface area contributed by atoms with E-state index in [9.17, 15) is 0 Å². The minimum atomic E-state index is 0.262. The third-order valence-corrected chi connectivity index (χ3v) is 2.38. The lowest BCUT2D eigenvalue weighted by molar-refractivity contribution is 0.658. The molecule has 1 fully saturated rings. The highest BCUT2D eigenvalue weighted by Gasteiger charge is 2.37. The van der Waals surface area contributed by atoms with Crippen molar-refractivity contribution in [1.29, 1.82) is 0 Å². The van der Waals surface area contributed by atoms with Crippen LogP contribution in [0.4, 0.5) is 0 Å². The van der Waals surface area contributed by atoms with Crippen LogP contribution in [0.3, 0.4) is 0 Å². The molecule has 1 rings (SSSR count). The Hall–Kier alpha value is -0.0900. The van der Waals surface area contributed by atoms with Crippen molar-refractivity contribution in [3.05, 3.63) is 11.1 Å². The van der Waals surface area contributed by atoms with E-state index in [2.05, 4.69) is 40.1 Å². The summed E-state index contributed by atoms with van der Waals surface area (Å²) in [7, 11) is 0. The summed E-state index contributed by atoms with van der Waals surface area (Å²) >= 11 is 8.33. The van der Waals surface area contributed by atoms with E-state index in [-0.39, 0.29) is 5.54 Å². The van der Waals surface area contributed by atoms with Gasteiger partial charge in [-0.3, -0.25) is 0 Å². The Kier molecular flexibility index (Phi) is 3.12. The molecule has 0 aromatic rings. The van der Waals surface area contributed by atoms with E-state index in [0.717, 1.165) is 9.59 Å². The van der Waals surface area contributed by atoms with Gasteiger partial charge in [-0.15, -0.1) is 0 Å². The molecule has 0 atom stereocenters. The van der Waals surface area contributed by atoms with Crippen molar-refractivity contribution >= 4 is 33.3 Å². The van der Waals surface area contributed by atoms with Crippen molar-refractivity contribution < 1.29 is 0 Å². The Labute approximate surface area is 86.9 Å². The van der Waals surface area contributed by atoms with Crippen molar-refractivity contribution in [2.45, 2.75) is 25.3 Å². The summed E-state index contributed by atoms with van der Waals surface area (Å²) in [6.45, 7) is 6.56. The van der Waals surface area contributed by atoms with Crippen molar-refractivity contribution in [3.8, 4) is 0 Å². The van der Waals surface area contributed by atoms with Crippen LogP contribution in [0.1, 0.15) is 19.8 Å². The molecule has 4 heteroatoms. The summed E-state index contributed by atoms with van der Waals surface area (Å²) < 4.78 is 0.910. The number of nitrogens with one attached hydrogen (secondary N) is 2. The third-order valence-electron chi connectivity index (χ3n) is 1.86. The van der Waals surface area contributed by atoms with Gasteiger partial charge < -0.3 is 10.6 Å². The maximum Gasteiger partial charge on any atom is 0.167 e. The second-order valence-corrected chi connectivity index (χ2v) is 4.92. The van der Waals surface area contributed by atoms with E-state index < -0.39 is 0 Å². The molecule has 12 heavy (non-hydrogen) atoms. The lowest BCUT2D eigenvalue weighted by Crippen LogP contribution is -2.42. The van der Waals surface area contributed by atoms with Gasteiger partial charge in [0.2, 0.25) is 0 Å². The molecule has 2 N–H and O–H groups in total. The van der Waals surface area contributed by atoms with Crippen molar-refractivity contribution in [2.75, 3.05) is 6.54 Å². The van der Waals surface area contributed by atoms with Gasteiger partial charge in [-0.25, -0.2) is 0 Å². The first-order chi connectivity index (χ1) is 5.52. The van der Waals surface area contributed by atoms with Crippen LogP contribution in [0.15, 0.2) is 11.1 Å². The summed E-state index contributed by atoms with van der Waals surface area (Å²) in [5.41, 5.74) is 0.262. The molecule has 2 nitrogen and oxygen atoms in total. The van der Waals surface area contributed by atoms with E-state index in [4.69, 9.17) is 12.2 Å². The zero-order valence-electron chi connectivity index (χ0n) is 7.11. The molecular formula is C8H13BrN2S. The minimum absolute atomic E-state index is 0.262. The second kappa shape index (κ2) is 3.75. The standard InChI is InChI=1S/C8H13BrN2S/c1-6(9)5-10-7(12)11-8(2)3-4-8/h1,3-5H2,2H3,(H2,10,11,12). The smallest absolute Gasteiger partial charge is 0.167 e. The minimum Gasteiger partial charge on any atom is -0.358 e. The normalized spacial score (nSPS) is 18.2. The van der Waals surface area contributed by atoms with Gasteiger partial charge in [-0.2, -0.15) is 0 Å². The largest absolute Gasteiger partial charge is 0.358 e. The van der Waals surface area contributed by atoms with Crippen LogP contribution in [0.2, 0.25) is 0 Å². The summed E-state index contributed by atoms with van der Waals surface area (Å²) in [4.78, 5) is 0. The Morgan fingerprint density at radius 3 is 2.67 bits per heavy atom. The van der Waals surface area contributed by atoms with E-state index in [0.29, 0.717) is 6.54 Å². The predicted molar refractivity (Wildman–Crippen MR) is 59.4 cm³/mol. The van der Waals surface area contributed by atoms with Crippen LogP contribution in [0.25, 0.3) is 0 Å². The molecule has 68 valence electrons. The average Bonchev–Trinajstić information content (AvgIpc) is 2.64. The lowest BCUT2D eigenvalue weighted by atomic mass is 10.3. The van der Waals surface area contributed by atoms with Crippen LogP contribution in [0, 0.1) is 0 Å². The summed E-state index contributed by atoms with van der Waals surface area (Å²) in [6.07, 6.45) is 2.42. The van der Waals surface area contributed by atoms with E-state index >= 15 is 0 Å². The molecule has 1 aliphatic rings. The Morgan fingerprint density at radius 2 is 2.25 bits per heavy atom. The van der Waals surface area contributed by atoms with Crippen LogP contribution >= 0.6 is 28.1 Å². The molecule has 0 bridgehead atoms. The van der Waals surface area contributed by atoms with E-state index in [1.807, 2.05) is 0 Å². The first-order valence-corrected chi connectivity index (χ1v) is 5.11.